The molecule has 0 unspecified atom stereocenters. The third kappa shape index (κ3) is 4.04. The smallest absolute Gasteiger partial charge is 0.261 e. The molecule has 0 bridgehead atoms. The zero-order valence-corrected chi connectivity index (χ0v) is 14.8. The quantitative estimate of drug-likeness (QED) is 0.862. The first kappa shape index (κ1) is 16.3. The molecule has 0 aromatic heterocycles. The second kappa shape index (κ2) is 6.90. The first-order chi connectivity index (χ1) is 11.0. The lowest BCUT2D eigenvalue weighted by Gasteiger charge is -2.29. The molecule has 0 amide bonds. The van der Waals surface area contributed by atoms with Crippen molar-refractivity contribution in [2.24, 2.45) is 0 Å². The highest BCUT2D eigenvalue weighted by molar-refractivity contribution is 9.10. The van der Waals surface area contributed by atoms with Gasteiger partial charge in [-0.15, -0.1) is 0 Å². The van der Waals surface area contributed by atoms with Gasteiger partial charge in [-0.25, -0.2) is 8.42 Å². The molecule has 1 heterocycles. The summed E-state index contributed by atoms with van der Waals surface area (Å²) in [7, 11) is -3.59. The van der Waals surface area contributed by atoms with Crippen LogP contribution >= 0.6 is 15.9 Å². The number of morpholine rings is 1. The van der Waals surface area contributed by atoms with Crippen molar-refractivity contribution >= 4 is 37.3 Å². The first-order valence-corrected chi connectivity index (χ1v) is 9.53. The molecule has 2 aromatic carbocycles. The van der Waals surface area contributed by atoms with Crippen LogP contribution in [-0.4, -0.2) is 34.7 Å². The van der Waals surface area contributed by atoms with Crippen LogP contribution in [0.3, 0.4) is 0 Å². The fourth-order valence-electron chi connectivity index (χ4n) is 2.42. The maximum absolute atomic E-state index is 12.4. The van der Waals surface area contributed by atoms with Crippen molar-refractivity contribution in [2.75, 3.05) is 35.9 Å². The second-order valence-corrected chi connectivity index (χ2v) is 7.81. The summed E-state index contributed by atoms with van der Waals surface area (Å²) >= 11 is 3.30. The lowest BCUT2D eigenvalue weighted by Crippen LogP contribution is -2.36. The summed E-state index contributed by atoms with van der Waals surface area (Å²) in [5, 5.41) is 0. The highest BCUT2D eigenvalue weighted by Gasteiger charge is 2.16. The molecule has 1 aliphatic heterocycles. The molecular formula is C16H17BrN2O3S. The van der Waals surface area contributed by atoms with Crippen LogP contribution in [0.25, 0.3) is 0 Å². The summed E-state index contributed by atoms with van der Waals surface area (Å²) in [6.45, 7) is 3.00. The molecule has 0 spiro atoms. The van der Waals surface area contributed by atoms with Gasteiger partial charge in [0.2, 0.25) is 0 Å². The van der Waals surface area contributed by atoms with Gasteiger partial charge in [-0.2, -0.15) is 0 Å². The van der Waals surface area contributed by atoms with Crippen molar-refractivity contribution < 1.29 is 13.2 Å². The van der Waals surface area contributed by atoms with E-state index in [1.54, 1.807) is 30.3 Å². The van der Waals surface area contributed by atoms with Crippen molar-refractivity contribution in [2.45, 2.75) is 4.90 Å². The highest BCUT2D eigenvalue weighted by Crippen LogP contribution is 2.23. The van der Waals surface area contributed by atoms with Crippen LogP contribution in [0.1, 0.15) is 0 Å². The van der Waals surface area contributed by atoms with Crippen LogP contribution in [0.2, 0.25) is 0 Å². The minimum absolute atomic E-state index is 0.234. The van der Waals surface area contributed by atoms with Crippen molar-refractivity contribution in [3.8, 4) is 0 Å². The summed E-state index contributed by atoms with van der Waals surface area (Å²) in [6.07, 6.45) is 0. The first-order valence-electron chi connectivity index (χ1n) is 7.26. The predicted octanol–water partition coefficient (Wildman–Crippen LogP) is 3.09. The van der Waals surface area contributed by atoms with E-state index in [4.69, 9.17) is 4.74 Å². The molecule has 1 saturated heterocycles. The molecular weight excluding hydrogens is 380 g/mol. The average molecular weight is 397 g/mol. The number of anilines is 2. The Bertz CT molecular complexity index is 772. The second-order valence-electron chi connectivity index (χ2n) is 5.21. The normalized spacial score (nSPS) is 15.4. The number of hydrogen-bond donors (Lipinski definition) is 1. The number of ether oxygens (including phenoxy) is 1. The van der Waals surface area contributed by atoms with E-state index in [0.717, 1.165) is 23.2 Å². The van der Waals surface area contributed by atoms with E-state index >= 15 is 0 Å². The van der Waals surface area contributed by atoms with Gasteiger partial charge in [0.15, 0.2) is 0 Å². The Balaban J connectivity index is 1.80. The zero-order chi connectivity index (χ0) is 16.3. The van der Waals surface area contributed by atoms with Crippen molar-refractivity contribution in [1.82, 2.24) is 0 Å². The Hall–Kier alpha value is -1.57. The Morgan fingerprint density at radius 3 is 2.43 bits per heavy atom. The Labute approximate surface area is 144 Å². The third-order valence-electron chi connectivity index (χ3n) is 3.60. The summed E-state index contributed by atoms with van der Waals surface area (Å²) in [6, 6.07) is 14.0. The number of nitrogens with one attached hydrogen (secondary N) is 1. The highest BCUT2D eigenvalue weighted by atomic mass is 79.9. The molecule has 0 radical (unpaired) electrons. The van der Waals surface area contributed by atoms with E-state index in [1.165, 1.54) is 0 Å². The third-order valence-corrected chi connectivity index (χ3v) is 5.52. The van der Waals surface area contributed by atoms with E-state index < -0.39 is 10.0 Å². The van der Waals surface area contributed by atoms with Gasteiger partial charge < -0.3 is 9.64 Å². The van der Waals surface area contributed by atoms with Gasteiger partial charge in [-0.3, -0.25) is 4.72 Å². The molecule has 0 saturated carbocycles. The number of nitrogens with zero attached hydrogens (tertiary/aromatic N) is 1. The monoisotopic (exact) mass is 396 g/mol. The van der Waals surface area contributed by atoms with E-state index in [2.05, 4.69) is 25.6 Å². The molecule has 2 aromatic rings. The van der Waals surface area contributed by atoms with Crippen molar-refractivity contribution in [3.05, 3.63) is 53.0 Å². The summed E-state index contributed by atoms with van der Waals surface area (Å²) < 4.78 is 33.7. The fraction of sp³-hybridized carbons (Fsp3) is 0.250. The van der Waals surface area contributed by atoms with Gasteiger partial charge in [0.05, 0.1) is 23.8 Å². The SMILES string of the molecule is O=S(=O)(Nc1cccc(N2CCOCC2)c1)c1ccc(Br)cc1. The molecule has 1 N–H and O–H groups in total. The van der Waals surface area contributed by atoms with Crippen LogP contribution in [0, 0.1) is 0 Å². The molecule has 3 rings (SSSR count). The van der Waals surface area contributed by atoms with Crippen LogP contribution in [0.15, 0.2) is 57.9 Å². The Morgan fingerprint density at radius 2 is 1.74 bits per heavy atom. The fourth-order valence-corrected chi connectivity index (χ4v) is 3.73. The number of halogens is 1. The maximum atomic E-state index is 12.4. The Morgan fingerprint density at radius 1 is 1.04 bits per heavy atom. The van der Waals surface area contributed by atoms with Crippen LogP contribution in [-0.2, 0) is 14.8 Å². The van der Waals surface area contributed by atoms with E-state index in [-0.39, 0.29) is 4.90 Å². The molecule has 7 heteroatoms. The standard InChI is InChI=1S/C16H17BrN2O3S/c17-13-4-6-16(7-5-13)23(20,21)18-14-2-1-3-15(12-14)19-8-10-22-11-9-19/h1-7,12,18H,8-11H2. The van der Waals surface area contributed by atoms with Gasteiger partial charge in [-0.1, -0.05) is 22.0 Å². The van der Waals surface area contributed by atoms with Crippen molar-refractivity contribution in [3.63, 3.8) is 0 Å². The lowest BCUT2D eigenvalue weighted by atomic mass is 10.2. The topological polar surface area (TPSA) is 58.6 Å². The van der Waals surface area contributed by atoms with Gasteiger partial charge in [0, 0.05) is 23.2 Å². The zero-order valence-electron chi connectivity index (χ0n) is 12.4. The van der Waals surface area contributed by atoms with Crippen molar-refractivity contribution in [1.29, 1.82) is 0 Å². The molecule has 122 valence electrons. The number of hydrogen-bond acceptors (Lipinski definition) is 4. The minimum atomic E-state index is -3.59. The average Bonchev–Trinajstić information content (AvgIpc) is 2.56. The molecule has 5 nitrogen and oxygen atoms in total. The van der Waals surface area contributed by atoms with Crippen LogP contribution < -0.4 is 9.62 Å². The van der Waals surface area contributed by atoms with Crippen LogP contribution in [0.4, 0.5) is 11.4 Å². The van der Waals surface area contributed by atoms with E-state index in [1.807, 2.05) is 18.2 Å². The summed E-state index contributed by atoms with van der Waals surface area (Å²) in [5.41, 5.74) is 1.54. The van der Waals surface area contributed by atoms with E-state index in [9.17, 15) is 8.42 Å². The number of sulfonamides is 1. The summed E-state index contributed by atoms with van der Waals surface area (Å²) in [4.78, 5) is 2.42. The molecule has 23 heavy (non-hydrogen) atoms. The van der Waals surface area contributed by atoms with Gasteiger partial charge in [0.25, 0.3) is 10.0 Å². The predicted molar refractivity (Wildman–Crippen MR) is 94.4 cm³/mol. The molecule has 0 aliphatic carbocycles. The molecule has 0 atom stereocenters. The molecule has 1 fully saturated rings. The van der Waals surface area contributed by atoms with Gasteiger partial charge >= 0.3 is 0 Å². The number of benzene rings is 2. The number of rotatable bonds is 4. The lowest BCUT2D eigenvalue weighted by molar-refractivity contribution is 0.122. The van der Waals surface area contributed by atoms with E-state index in [0.29, 0.717) is 18.9 Å². The maximum Gasteiger partial charge on any atom is 0.261 e. The van der Waals surface area contributed by atoms with Crippen LogP contribution in [0.5, 0.6) is 0 Å². The Kier molecular flexibility index (Phi) is 4.89. The minimum Gasteiger partial charge on any atom is -0.378 e. The summed E-state index contributed by atoms with van der Waals surface area (Å²) in [5.74, 6) is 0. The van der Waals surface area contributed by atoms with Gasteiger partial charge in [-0.05, 0) is 42.5 Å². The molecule has 1 aliphatic rings. The van der Waals surface area contributed by atoms with Gasteiger partial charge in [0.1, 0.15) is 0 Å². The largest absolute Gasteiger partial charge is 0.378 e.